The summed E-state index contributed by atoms with van der Waals surface area (Å²) in [5.41, 5.74) is -0.922. The van der Waals surface area contributed by atoms with Crippen molar-refractivity contribution in [1.29, 1.82) is 0 Å². The van der Waals surface area contributed by atoms with Gasteiger partial charge in [-0.05, 0) is 34.1 Å². The number of carbonyl (C=O) groups is 1. The van der Waals surface area contributed by atoms with E-state index in [1.807, 2.05) is 20.8 Å². The lowest BCUT2D eigenvalue weighted by Crippen LogP contribution is -2.54. The van der Waals surface area contributed by atoms with E-state index < -0.39 is 11.5 Å². The van der Waals surface area contributed by atoms with Gasteiger partial charge in [-0.25, -0.2) is 0 Å². The van der Waals surface area contributed by atoms with Crippen LogP contribution in [0.25, 0.3) is 0 Å². The molecule has 4 heteroatoms. The minimum Gasteiger partial charge on any atom is -0.480 e. The van der Waals surface area contributed by atoms with Crippen LogP contribution in [0, 0.1) is 0 Å². The molecule has 0 heterocycles. The Labute approximate surface area is 130 Å². The summed E-state index contributed by atoms with van der Waals surface area (Å²) in [6.07, 6.45) is 7.86. The highest BCUT2D eigenvalue weighted by Gasteiger charge is 2.35. The Bertz CT molecular complexity index is 281. The van der Waals surface area contributed by atoms with Crippen LogP contribution in [0.1, 0.15) is 79.6 Å². The molecule has 0 aliphatic heterocycles. The highest BCUT2D eigenvalue weighted by atomic mass is 16.5. The van der Waals surface area contributed by atoms with E-state index in [9.17, 15) is 9.90 Å². The quantitative estimate of drug-likeness (QED) is 0.505. The van der Waals surface area contributed by atoms with Gasteiger partial charge in [-0.15, -0.1) is 0 Å². The fourth-order valence-electron chi connectivity index (χ4n) is 2.65. The van der Waals surface area contributed by atoms with Crippen molar-refractivity contribution in [3.05, 3.63) is 0 Å². The number of rotatable bonds is 13. The van der Waals surface area contributed by atoms with Gasteiger partial charge in [-0.3, -0.25) is 10.1 Å². The van der Waals surface area contributed by atoms with Gasteiger partial charge in [0.2, 0.25) is 0 Å². The fraction of sp³-hybridized carbons (Fsp3) is 0.941. The molecule has 4 nitrogen and oxygen atoms in total. The molecule has 0 aromatic rings. The first-order valence-corrected chi connectivity index (χ1v) is 8.44. The lowest BCUT2D eigenvalue weighted by atomic mass is 9.94. The predicted octanol–water partition coefficient (Wildman–Crippen LogP) is 3.98. The molecular formula is C17H35NO3. The molecule has 0 spiro atoms. The molecule has 0 aliphatic carbocycles. The zero-order chi connectivity index (χ0) is 16.3. The molecule has 21 heavy (non-hydrogen) atoms. The predicted molar refractivity (Wildman–Crippen MR) is 87.7 cm³/mol. The minimum atomic E-state index is -0.922. The van der Waals surface area contributed by atoms with Crippen molar-refractivity contribution in [3.8, 4) is 0 Å². The highest BCUT2D eigenvalue weighted by Crippen LogP contribution is 2.17. The average molecular weight is 301 g/mol. The van der Waals surface area contributed by atoms with Crippen LogP contribution < -0.4 is 5.32 Å². The fourth-order valence-corrected chi connectivity index (χ4v) is 2.65. The number of nitrogens with one attached hydrogen (secondary N) is 1. The molecule has 0 bridgehead atoms. The summed E-state index contributed by atoms with van der Waals surface area (Å²) >= 11 is 0. The number of hydrogen-bond donors (Lipinski definition) is 2. The van der Waals surface area contributed by atoms with E-state index in [1.54, 1.807) is 6.92 Å². The van der Waals surface area contributed by atoms with Gasteiger partial charge in [-0.2, -0.15) is 0 Å². The van der Waals surface area contributed by atoms with Crippen LogP contribution in [0.15, 0.2) is 0 Å². The number of unbranched alkanes of at least 4 members (excludes halogenated alkanes) is 5. The number of hydrogen-bond acceptors (Lipinski definition) is 3. The summed E-state index contributed by atoms with van der Waals surface area (Å²) < 4.78 is 5.77. The summed E-state index contributed by atoms with van der Waals surface area (Å²) in [6, 6.07) is 0.136. The van der Waals surface area contributed by atoms with Gasteiger partial charge in [-0.1, -0.05) is 39.0 Å². The largest absolute Gasteiger partial charge is 0.480 e. The van der Waals surface area contributed by atoms with Gasteiger partial charge >= 0.3 is 5.97 Å². The molecule has 2 unspecified atom stereocenters. The lowest BCUT2D eigenvalue weighted by molar-refractivity contribution is -0.146. The molecule has 2 N–H and O–H groups in total. The summed E-state index contributed by atoms with van der Waals surface area (Å²) in [5.74, 6) is -0.814. The summed E-state index contributed by atoms with van der Waals surface area (Å²) in [7, 11) is 0. The number of carboxylic acid groups (broad SMARTS) is 1. The molecule has 0 amide bonds. The van der Waals surface area contributed by atoms with Crippen molar-refractivity contribution >= 4 is 5.97 Å². The lowest BCUT2D eigenvalue weighted by Gasteiger charge is -2.31. The molecule has 126 valence electrons. The molecule has 0 aliphatic rings. The van der Waals surface area contributed by atoms with Gasteiger partial charge in [0.1, 0.15) is 5.54 Å². The Hall–Kier alpha value is -0.610. The van der Waals surface area contributed by atoms with Crippen LogP contribution in [-0.2, 0) is 9.53 Å². The van der Waals surface area contributed by atoms with Crippen molar-refractivity contribution in [2.24, 2.45) is 0 Å². The van der Waals surface area contributed by atoms with Crippen molar-refractivity contribution in [3.63, 3.8) is 0 Å². The van der Waals surface area contributed by atoms with Crippen molar-refractivity contribution in [2.45, 2.75) is 97.2 Å². The van der Waals surface area contributed by atoms with Crippen molar-refractivity contribution in [1.82, 2.24) is 5.32 Å². The van der Waals surface area contributed by atoms with Gasteiger partial charge in [0.15, 0.2) is 0 Å². The maximum atomic E-state index is 11.5. The molecule has 0 saturated heterocycles. The van der Waals surface area contributed by atoms with Crippen LogP contribution in [0.5, 0.6) is 0 Å². The normalized spacial score (nSPS) is 15.9. The second-order valence-corrected chi connectivity index (χ2v) is 6.59. The third kappa shape index (κ3) is 9.86. The van der Waals surface area contributed by atoms with Crippen LogP contribution in [0.2, 0.25) is 0 Å². The minimum absolute atomic E-state index is 0.0482. The maximum Gasteiger partial charge on any atom is 0.323 e. The van der Waals surface area contributed by atoms with Crippen LogP contribution >= 0.6 is 0 Å². The monoisotopic (exact) mass is 301 g/mol. The van der Waals surface area contributed by atoms with Gasteiger partial charge in [0.05, 0.1) is 6.10 Å². The second kappa shape index (κ2) is 11.0. The first-order valence-electron chi connectivity index (χ1n) is 8.44. The Morgan fingerprint density at radius 2 is 1.71 bits per heavy atom. The Kier molecular flexibility index (Phi) is 10.7. The first-order chi connectivity index (χ1) is 9.81. The Balaban J connectivity index is 3.94. The third-order valence-corrected chi connectivity index (χ3v) is 3.68. The van der Waals surface area contributed by atoms with Crippen LogP contribution in [-0.4, -0.2) is 35.4 Å². The SMILES string of the molecule is CCCCCCCCOC(C)CC(C)(NC(C)C)C(=O)O. The summed E-state index contributed by atoms with van der Waals surface area (Å²) in [6.45, 7) is 10.6. The van der Waals surface area contributed by atoms with E-state index in [4.69, 9.17) is 4.74 Å². The molecule has 0 saturated carbocycles. The number of aliphatic carboxylic acids is 1. The smallest absolute Gasteiger partial charge is 0.323 e. The molecule has 0 aromatic carbocycles. The topological polar surface area (TPSA) is 58.6 Å². The molecular weight excluding hydrogens is 266 g/mol. The zero-order valence-electron chi connectivity index (χ0n) is 14.6. The average Bonchev–Trinajstić information content (AvgIpc) is 2.36. The maximum absolute atomic E-state index is 11.5. The standard InChI is InChI=1S/C17H35NO3/c1-6-7-8-9-10-11-12-21-15(4)13-17(5,16(19)20)18-14(2)3/h14-15,18H,6-13H2,1-5H3,(H,19,20). The Morgan fingerprint density at radius 3 is 2.24 bits per heavy atom. The summed E-state index contributed by atoms with van der Waals surface area (Å²) in [4.78, 5) is 11.5. The number of carboxylic acids is 1. The molecule has 0 rings (SSSR count). The molecule has 0 radical (unpaired) electrons. The van der Waals surface area contributed by atoms with Crippen LogP contribution in [0.4, 0.5) is 0 Å². The summed E-state index contributed by atoms with van der Waals surface area (Å²) in [5, 5.41) is 12.5. The molecule has 2 atom stereocenters. The van der Waals surface area contributed by atoms with Crippen molar-refractivity contribution in [2.75, 3.05) is 6.61 Å². The zero-order valence-corrected chi connectivity index (χ0v) is 14.6. The van der Waals surface area contributed by atoms with Gasteiger partial charge < -0.3 is 9.84 Å². The third-order valence-electron chi connectivity index (χ3n) is 3.68. The van der Waals surface area contributed by atoms with E-state index >= 15 is 0 Å². The van der Waals surface area contributed by atoms with Gasteiger partial charge in [0, 0.05) is 19.1 Å². The van der Waals surface area contributed by atoms with Crippen molar-refractivity contribution < 1.29 is 14.6 Å². The van der Waals surface area contributed by atoms with Gasteiger partial charge in [0.25, 0.3) is 0 Å². The van der Waals surface area contributed by atoms with E-state index in [2.05, 4.69) is 12.2 Å². The second-order valence-electron chi connectivity index (χ2n) is 6.59. The van der Waals surface area contributed by atoms with Crippen LogP contribution in [0.3, 0.4) is 0 Å². The van der Waals surface area contributed by atoms with E-state index in [-0.39, 0.29) is 12.1 Å². The molecule has 0 aromatic heterocycles. The van der Waals surface area contributed by atoms with E-state index in [0.29, 0.717) is 6.42 Å². The van der Waals surface area contributed by atoms with E-state index in [1.165, 1.54) is 32.1 Å². The highest BCUT2D eigenvalue weighted by molar-refractivity contribution is 5.78. The Morgan fingerprint density at radius 1 is 1.14 bits per heavy atom. The molecule has 0 fully saturated rings. The first kappa shape index (κ1) is 20.4. The van der Waals surface area contributed by atoms with E-state index in [0.717, 1.165) is 13.0 Å². The number of ether oxygens (including phenoxy) is 1.